The Labute approximate surface area is 140 Å². The van der Waals surface area contributed by atoms with Crippen LogP contribution in [0.15, 0.2) is 29.2 Å². The Hall–Kier alpha value is -0.910. The molecule has 1 aromatic rings. The van der Waals surface area contributed by atoms with E-state index in [2.05, 4.69) is 20.8 Å². The molecular formula is C18H28N2O2S. The highest BCUT2D eigenvalue weighted by Crippen LogP contribution is 2.38. The second-order valence-corrected chi connectivity index (χ2v) is 10.1. The Balaban J connectivity index is 1.82. The molecule has 5 heteroatoms. The van der Waals surface area contributed by atoms with Gasteiger partial charge in [-0.3, -0.25) is 0 Å². The average molecular weight is 337 g/mol. The Morgan fingerprint density at radius 3 is 2.30 bits per heavy atom. The first-order chi connectivity index (χ1) is 10.7. The largest absolute Gasteiger partial charge is 0.327 e. The van der Waals surface area contributed by atoms with Crippen LogP contribution in [0.25, 0.3) is 0 Å². The molecule has 2 N–H and O–H groups in total. The number of sulfonamides is 1. The number of rotatable bonds is 2. The van der Waals surface area contributed by atoms with Crippen LogP contribution in [-0.2, 0) is 15.4 Å². The molecule has 1 heterocycles. The number of hydrogen-bond acceptors (Lipinski definition) is 3. The van der Waals surface area contributed by atoms with Gasteiger partial charge < -0.3 is 5.73 Å². The predicted octanol–water partition coefficient (Wildman–Crippen LogP) is 2.73. The van der Waals surface area contributed by atoms with Crippen LogP contribution in [0.3, 0.4) is 0 Å². The van der Waals surface area contributed by atoms with Crippen molar-refractivity contribution in [1.82, 2.24) is 4.31 Å². The van der Waals surface area contributed by atoms with Crippen molar-refractivity contribution in [2.24, 2.45) is 17.6 Å². The van der Waals surface area contributed by atoms with E-state index in [-0.39, 0.29) is 11.5 Å². The van der Waals surface area contributed by atoms with E-state index in [0.29, 0.717) is 29.8 Å². The summed E-state index contributed by atoms with van der Waals surface area (Å²) >= 11 is 0. The summed E-state index contributed by atoms with van der Waals surface area (Å²) in [4.78, 5) is 0.401. The van der Waals surface area contributed by atoms with Gasteiger partial charge in [0.1, 0.15) is 0 Å². The third-order valence-corrected chi connectivity index (χ3v) is 7.32. The van der Waals surface area contributed by atoms with Crippen molar-refractivity contribution < 1.29 is 8.42 Å². The van der Waals surface area contributed by atoms with Crippen LogP contribution in [0.5, 0.6) is 0 Å². The topological polar surface area (TPSA) is 63.4 Å². The molecule has 1 aromatic carbocycles. The predicted molar refractivity (Wildman–Crippen MR) is 92.7 cm³/mol. The maximum atomic E-state index is 12.9. The summed E-state index contributed by atoms with van der Waals surface area (Å²) in [5.41, 5.74) is 7.38. The zero-order valence-electron chi connectivity index (χ0n) is 14.3. The molecule has 23 heavy (non-hydrogen) atoms. The van der Waals surface area contributed by atoms with Crippen LogP contribution in [0.1, 0.15) is 45.6 Å². The Morgan fingerprint density at radius 1 is 1.09 bits per heavy atom. The monoisotopic (exact) mass is 336 g/mol. The molecule has 1 aliphatic carbocycles. The lowest BCUT2D eigenvalue weighted by molar-refractivity contribution is 0.260. The molecule has 3 rings (SSSR count). The Morgan fingerprint density at radius 2 is 1.74 bits per heavy atom. The van der Waals surface area contributed by atoms with E-state index in [1.165, 1.54) is 0 Å². The van der Waals surface area contributed by atoms with Gasteiger partial charge in [-0.05, 0) is 47.8 Å². The normalized spacial score (nSPS) is 29.5. The minimum absolute atomic E-state index is 0.0254. The third kappa shape index (κ3) is 3.19. The fourth-order valence-corrected chi connectivity index (χ4v) is 5.48. The molecule has 0 aromatic heterocycles. The van der Waals surface area contributed by atoms with Gasteiger partial charge in [0.25, 0.3) is 0 Å². The van der Waals surface area contributed by atoms with E-state index in [1.54, 1.807) is 16.4 Å². The second kappa shape index (κ2) is 5.87. The van der Waals surface area contributed by atoms with E-state index >= 15 is 0 Å². The molecule has 0 amide bonds. The van der Waals surface area contributed by atoms with Crippen molar-refractivity contribution in [3.8, 4) is 0 Å². The minimum Gasteiger partial charge on any atom is -0.327 e. The van der Waals surface area contributed by atoms with Crippen LogP contribution < -0.4 is 5.73 Å². The summed E-state index contributed by atoms with van der Waals surface area (Å²) in [6.07, 6.45) is 3.25. The smallest absolute Gasteiger partial charge is 0.243 e. The van der Waals surface area contributed by atoms with Crippen LogP contribution in [0.2, 0.25) is 0 Å². The maximum Gasteiger partial charge on any atom is 0.243 e. The third-order valence-electron chi connectivity index (χ3n) is 5.48. The SMILES string of the molecule is CC(C)(C)c1ccc(S(=O)(=O)N2CC3CCCC(N)C3C2)cc1. The highest BCUT2D eigenvalue weighted by atomic mass is 32.2. The summed E-state index contributed by atoms with van der Waals surface area (Å²) in [5, 5.41) is 0. The molecule has 0 radical (unpaired) electrons. The number of nitrogens with two attached hydrogens (primary N) is 1. The maximum absolute atomic E-state index is 12.9. The highest BCUT2D eigenvalue weighted by molar-refractivity contribution is 7.89. The first kappa shape index (κ1) is 16.9. The van der Waals surface area contributed by atoms with Crippen molar-refractivity contribution >= 4 is 10.0 Å². The molecule has 128 valence electrons. The summed E-state index contributed by atoms with van der Waals surface area (Å²) in [5.74, 6) is 0.759. The molecule has 2 aliphatic rings. The zero-order chi connectivity index (χ0) is 16.8. The van der Waals surface area contributed by atoms with Gasteiger partial charge in [0.2, 0.25) is 10.0 Å². The fraction of sp³-hybridized carbons (Fsp3) is 0.667. The standard InChI is InChI=1S/C18H28N2O2S/c1-18(2,3)14-7-9-15(10-8-14)23(21,22)20-11-13-5-4-6-17(19)16(13)12-20/h7-10,13,16-17H,4-6,11-12,19H2,1-3H3. The summed E-state index contributed by atoms with van der Waals surface area (Å²) in [7, 11) is -3.40. The van der Waals surface area contributed by atoms with Gasteiger partial charge in [0, 0.05) is 19.1 Å². The van der Waals surface area contributed by atoms with Crippen LogP contribution >= 0.6 is 0 Å². The van der Waals surface area contributed by atoms with E-state index < -0.39 is 10.0 Å². The minimum atomic E-state index is -3.40. The Bertz CT molecular complexity index is 661. The molecule has 1 aliphatic heterocycles. The first-order valence-corrected chi connectivity index (χ1v) is 10.00. The van der Waals surface area contributed by atoms with Gasteiger partial charge in [-0.1, -0.05) is 39.3 Å². The number of fused-ring (bicyclic) bond motifs is 1. The number of hydrogen-bond donors (Lipinski definition) is 1. The lowest BCUT2D eigenvalue weighted by Gasteiger charge is -2.29. The van der Waals surface area contributed by atoms with E-state index in [0.717, 1.165) is 24.8 Å². The summed E-state index contributed by atoms with van der Waals surface area (Å²) in [6, 6.07) is 7.51. The number of benzene rings is 1. The average Bonchev–Trinajstić information content (AvgIpc) is 2.93. The van der Waals surface area contributed by atoms with Gasteiger partial charge in [-0.15, -0.1) is 0 Å². The van der Waals surface area contributed by atoms with Crippen molar-refractivity contribution in [2.45, 2.75) is 56.4 Å². The number of nitrogens with zero attached hydrogens (tertiary/aromatic N) is 1. The van der Waals surface area contributed by atoms with Crippen molar-refractivity contribution in [3.05, 3.63) is 29.8 Å². The van der Waals surface area contributed by atoms with Crippen LogP contribution in [-0.4, -0.2) is 31.9 Å². The molecule has 1 saturated carbocycles. The molecule has 4 nitrogen and oxygen atoms in total. The van der Waals surface area contributed by atoms with E-state index in [9.17, 15) is 8.42 Å². The second-order valence-electron chi connectivity index (χ2n) is 8.12. The lowest BCUT2D eigenvalue weighted by atomic mass is 9.78. The molecule has 3 atom stereocenters. The highest BCUT2D eigenvalue weighted by Gasteiger charge is 2.43. The van der Waals surface area contributed by atoms with Crippen molar-refractivity contribution in [1.29, 1.82) is 0 Å². The van der Waals surface area contributed by atoms with Gasteiger partial charge in [0.05, 0.1) is 4.90 Å². The van der Waals surface area contributed by atoms with E-state index in [1.807, 2.05) is 12.1 Å². The van der Waals surface area contributed by atoms with Crippen LogP contribution in [0, 0.1) is 11.8 Å². The van der Waals surface area contributed by atoms with Gasteiger partial charge in [0.15, 0.2) is 0 Å². The lowest BCUT2D eigenvalue weighted by Crippen LogP contribution is -2.38. The molecule has 1 saturated heterocycles. The van der Waals surface area contributed by atoms with E-state index in [4.69, 9.17) is 5.73 Å². The molecule has 0 bridgehead atoms. The molecule has 3 unspecified atom stereocenters. The Kier molecular flexibility index (Phi) is 4.32. The zero-order valence-corrected chi connectivity index (χ0v) is 15.1. The first-order valence-electron chi connectivity index (χ1n) is 8.56. The van der Waals surface area contributed by atoms with Gasteiger partial charge in [-0.25, -0.2) is 8.42 Å². The van der Waals surface area contributed by atoms with Gasteiger partial charge in [-0.2, -0.15) is 4.31 Å². The van der Waals surface area contributed by atoms with Gasteiger partial charge >= 0.3 is 0 Å². The molecular weight excluding hydrogens is 308 g/mol. The summed E-state index contributed by atoms with van der Waals surface area (Å²) in [6.45, 7) is 7.59. The van der Waals surface area contributed by atoms with Crippen molar-refractivity contribution in [3.63, 3.8) is 0 Å². The van der Waals surface area contributed by atoms with Crippen LogP contribution in [0.4, 0.5) is 0 Å². The molecule has 2 fully saturated rings. The fourth-order valence-electron chi connectivity index (χ4n) is 3.95. The molecule has 0 spiro atoms. The summed E-state index contributed by atoms with van der Waals surface area (Å²) < 4.78 is 27.5. The van der Waals surface area contributed by atoms with Crippen molar-refractivity contribution in [2.75, 3.05) is 13.1 Å². The quantitative estimate of drug-likeness (QED) is 0.903.